The molecule has 4 rings (SSSR count). The zero-order valence-electron chi connectivity index (χ0n) is 15.8. The Morgan fingerprint density at radius 1 is 0.931 bits per heavy atom. The van der Waals surface area contributed by atoms with Gasteiger partial charge < -0.3 is 9.15 Å². The number of carbonyl (C=O) groups is 2. The number of imide groups is 1. The Hall–Kier alpha value is -3.25. The van der Waals surface area contributed by atoms with Gasteiger partial charge in [-0.15, -0.1) is 11.8 Å². The number of benzene rings is 2. The first kappa shape index (κ1) is 19.1. The third-order valence-corrected chi connectivity index (χ3v) is 5.54. The molecule has 2 heterocycles. The Labute approximate surface area is 173 Å². The van der Waals surface area contributed by atoms with Gasteiger partial charge in [-0.25, -0.2) is 4.90 Å². The standard InChI is InChI=1S/C23H19NO4S/c1-2-27-19-13-7-6-12-18(19)24-22(25)20(16-9-4-3-5-10-16)21(23(24)26)29-15-17-11-8-14-28-17/h3-14H,2,15H2,1H3. The maximum absolute atomic E-state index is 13.4. The van der Waals surface area contributed by atoms with Crippen molar-refractivity contribution in [2.75, 3.05) is 11.5 Å². The lowest BCUT2D eigenvalue weighted by Gasteiger charge is -2.18. The lowest BCUT2D eigenvalue weighted by Crippen LogP contribution is -2.31. The molecule has 1 aliphatic rings. The van der Waals surface area contributed by atoms with Crippen LogP contribution in [0, 0.1) is 0 Å². The van der Waals surface area contributed by atoms with Crippen molar-refractivity contribution in [1.29, 1.82) is 0 Å². The van der Waals surface area contributed by atoms with Crippen LogP contribution in [0.15, 0.2) is 82.3 Å². The first-order valence-corrected chi connectivity index (χ1v) is 10.2. The molecular formula is C23H19NO4S. The molecule has 1 aliphatic heterocycles. The second-order valence-corrected chi connectivity index (χ2v) is 7.27. The Balaban J connectivity index is 1.75. The normalized spacial score (nSPS) is 14.0. The molecule has 0 bridgehead atoms. The Morgan fingerprint density at radius 3 is 2.41 bits per heavy atom. The topological polar surface area (TPSA) is 59.8 Å². The third kappa shape index (κ3) is 3.71. The summed E-state index contributed by atoms with van der Waals surface area (Å²) in [6, 6.07) is 20.0. The lowest BCUT2D eigenvalue weighted by atomic mass is 10.1. The smallest absolute Gasteiger partial charge is 0.272 e. The summed E-state index contributed by atoms with van der Waals surface area (Å²) in [5.41, 5.74) is 1.56. The number of anilines is 1. The van der Waals surface area contributed by atoms with Crippen molar-refractivity contribution in [3.63, 3.8) is 0 Å². The van der Waals surface area contributed by atoms with Crippen LogP contribution in [0.4, 0.5) is 5.69 Å². The molecule has 5 nitrogen and oxygen atoms in total. The predicted molar refractivity (Wildman–Crippen MR) is 113 cm³/mol. The van der Waals surface area contributed by atoms with Crippen LogP contribution < -0.4 is 9.64 Å². The van der Waals surface area contributed by atoms with E-state index in [9.17, 15) is 9.59 Å². The number of furan rings is 1. The molecular weight excluding hydrogens is 386 g/mol. The molecule has 1 aromatic heterocycles. The third-order valence-electron chi connectivity index (χ3n) is 4.45. The SMILES string of the molecule is CCOc1ccccc1N1C(=O)C(SCc2ccco2)=C(c2ccccc2)C1=O. The van der Waals surface area contributed by atoms with Crippen molar-refractivity contribution >= 4 is 34.8 Å². The van der Waals surface area contributed by atoms with E-state index in [0.717, 1.165) is 5.76 Å². The average Bonchev–Trinajstić information content (AvgIpc) is 3.34. The zero-order chi connectivity index (χ0) is 20.2. The van der Waals surface area contributed by atoms with E-state index >= 15 is 0 Å². The fraction of sp³-hybridized carbons (Fsp3) is 0.130. The summed E-state index contributed by atoms with van der Waals surface area (Å²) >= 11 is 1.31. The van der Waals surface area contributed by atoms with Crippen LogP contribution in [0.2, 0.25) is 0 Å². The van der Waals surface area contributed by atoms with E-state index in [1.165, 1.54) is 16.7 Å². The van der Waals surface area contributed by atoms with Crippen LogP contribution in [-0.4, -0.2) is 18.4 Å². The van der Waals surface area contributed by atoms with Gasteiger partial charge in [0.15, 0.2) is 0 Å². The minimum atomic E-state index is -0.352. The number of rotatable bonds is 7. The van der Waals surface area contributed by atoms with Crippen molar-refractivity contribution in [3.05, 3.63) is 89.2 Å². The van der Waals surface area contributed by atoms with Crippen molar-refractivity contribution in [1.82, 2.24) is 0 Å². The van der Waals surface area contributed by atoms with Crippen LogP contribution in [0.5, 0.6) is 5.75 Å². The molecule has 2 amide bonds. The quantitative estimate of drug-likeness (QED) is 0.524. The number of thioether (sulfide) groups is 1. The van der Waals surface area contributed by atoms with Gasteiger partial charge in [0.2, 0.25) is 0 Å². The summed E-state index contributed by atoms with van der Waals surface area (Å²) in [5.74, 6) is 0.996. The van der Waals surface area contributed by atoms with Crippen molar-refractivity contribution in [3.8, 4) is 5.75 Å². The summed E-state index contributed by atoms with van der Waals surface area (Å²) in [6.07, 6.45) is 1.59. The van der Waals surface area contributed by atoms with Crippen LogP contribution in [0.1, 0.15) is 18.2 Å². The largest absolute Gasteiger partial charge is 0.492 e. The molecule has 146 valence electrons. The van der Waals surface area contributed by atoms with E-state index in [0.29, 0.717) is 39.8 Å². The lowest BCUT2D eigenvalue weighted by molar-refractivity contribution is -0.119. The monoisotopic (exact) mass is 405 g/mol. The molecule has 6 heteroatoms. The van der Waals surface area contributed by atoms with Gasteiger partial charge in [0, 0.05) is 0 Å². The van der Waals surface area contributed by atoms with Crippen molar-refractivity contribution in [2.24, 2.45) is 0 Å². The second-order valence-electron chi connectivity index (χ2n) is 6.28. The molecule has 0 unspecified atom stereocenters. The summed E-state index contributed by atoms with van der Waals surface area (Å²) in [4.78, 5) is 28.4. The highest BCUT2D eigenvalue weighted by molar-refractivity contribution is 8.03. The summed E-state index contributed by atoms with van der Waals surface area (Å²) in [6.45, 7) is 2.30. The zero-order valence-corrected chi connectivity index (χ0v) is 16.6. The summed E-state index contributed by atoms with van der Waals surface area (Å²) in [7, 11) is 0. The molecule has 0 N–H and O–H groups in total. The fourth-order valence-corrected chi connectivity index (χ4v) is 4.19. The minimum Gasteiger partial charge on any atom is -0.492 e. The molecule has 0 fully saturated rings. The maximum atomic E-state index is 13.4. The first-order valence-electron chi connectivity index (χ1n) is 9.26. The van der Waals surface area contributed by atoms with Gasteiger partial charge in [-0.05, 0) is 36.8 Å². The Morgan fingerprint density at radius 2 is 1.69 bits per heavy atom. The average molecular weight is 405 g/mol. The van der Waals surface area contributed by atoms with E-state index in [2.05, 4.69) is 0 Å². The molecule has 2 aromatic carbocycles. The van der Waals surface area contributed by atoms with E-state index in [1.54, 1.807) is 30.5 Å². The Bertz CT molecular complexity index is 1060. The highest BCUT2D eigenvalue weighted by Gasteiger charge is 2.41. The Kier molecular flexibility index (Phi) is 5.53. The summed E-state index contributed by atoms with van der Waals surface area (Å²) < 4.78 is 11.0. The summed E-state index contributed by atoms with van der Waals surface area (Å²) in [5, 5.41) is 0. The predicted octanol–water partition coefficient (Wildman–Crippen LogP) is 4.90. The molecule has 0 radical (unpaired) electrons. The van der Waals surface area contributed by atoms with Gasteiger partial charge in [0.1, 0.15) is 11.5 Å². The highest BCUT2D eigenvalue weighted by atomic mass is 32.2. The van der Waals surface area contributed by atoms with Crippen LogP contribution >= 0.6 is 11.8 Å². The number of hydrogen-bond donors (Lipinski definition) is 0. The minimum absolute atomic E-state index is 0.349. The number of ether oxygens (including phenoxy) is 1. The highest BCUT2D eigenvalue weighted by Crippen LogP contribution is 2.42. The molecule has 0 spiro atoms. The molecule has 0 saturated heterocycles. The molecule has 0 atom stereocenters. The number of para-hydroxylation sites is 2. The van der Waals surface area contributed by atoms with Gasteiger partial charge in [-0.3, -0.25) is 9.59 Å². The molecule has 3 aromatic rings. The second kappa shape index (κ2) is 8.41. The number of nitrogens with zero attached hydrogens (tertiary/aromatic N) is 1. The van der Waals surface area contributed by atoms with E-state index in [-0.39, 0.29) is 11.8 Å². The van der Waals surface area contributed by atoms with Gasteiger partial charge in [0.25, 0.3) is 11.8 Å². The maximum Gasteiger partial charge on any atom is 0.272 e. The van der Waals surface area contributed by atoms with Gasteiger partial charge >= 0.3 is 0 Å². The fourth-order valence-electron chi connectivity index (χ4n) is 3.18. The van der Waals surface area contributed by atoms with E-state index < -0.39 is 0 Å². The van der Waals surface area contributed by atoms with Crippen LogP contribution in [-0.2, 0) is 15.3 Å². The number of hydrogen-bond acceptors (Lipinski definition) is 5. The van der Waals surface area contributed by atoms with Gasteiger partial charge in [-0.2, -0.15) is 0 Å². The first-order chi connectivity index (χ1) is 14.2. The molecule has 0 saturated carbocycles. The van der Waals surface area contributed by atoms with Gasteiger partial charge in [0.05, 0.1) is 34.8 Å². The van der Waals surface area contributed by atoms with E-state index in [4.69, 9.17) is 9.15 Å². The van der Waals surface area contributed by atoms with Gasteiger partial charge in [-0.1, -0.05) is 42.5 Å². The number of carbonyl (C=O) groups excluding carboxylic acids is 2. The van der Waals surface area contributed by atoms with Crippen LogP contribution in [0.25, 0.3) is 5.57 Å². The molecule has 0 aliphatic carbocycles. The van der Waals surface area contributed by atoms with Crippen molar-refractivity contribution < 1.29 is 18.7 Å². The van der Waals surface area contributed by atoms with Crippen molar-refractivity contribution in [2.45, 2.75) is 12.7 Å². The molecule has 29 heavy (non-hydrogen) atoms. The number of amides is 2. The van der Waals surface area contributed by atoms with Crippen LogP contribution in [0.3, 0.4) is 0 Å². The van der Waals surface area contributed by atoms with E-state index in [1.807, 2.05) is 49.4 Å².